The zero-order valence-electron chi connectivity index (χ0n) is 10.7. The molecule has 0 aliphatic rings. The minimum atomic E-state index is -3.91. The van der Waals surface area contributed by atoms with Crippen LogP contribution in [-0.4, -0.2) is 35.1 Å². The highest BCUT2D eigenvalue weighted by molar-refractivity contribution is 7.89. The van der Waals surface area contributed by atoms with Gasteiger partial charge in [0.1, 0.15) is 11.9 Å². The van der Waals surface area contributed by atoms with E-state index in [0.29, 0.717) is 5.82 Å². The standard InChI is InChI=1S/C10H17N3O4S/c1-6(2)9(10(14)15)12-18(16,17)8-5-13(4)7(3)11-8/h5-6,9,12H,1-4H3,(H,14,15)/t9-/m1/s1. The minimum absolute atomic E-state index is 0.172. The van der Waals surface area contributed by atoms with Crippen molar-refractivity contribution in [3.05, 3.63) is 12.0 Å². The van der Waals surface area contributed by atoms with Gasteiger partial charge in [-0.25, -0.2) is 13.4 Å². The molecule has 0 aromatic carbocycles. The van der Waals surface area contributed by atoms with Gasteiger partial charge < -0.3 is 9.67 Å². The van der Waals surface area contributed by atoms with Crippen LogP contribution in [0.3, 0.4) is 0 Å². The smallest absolute Gasteiger partial charge is 0.322 e. The molecule has 0 unspecified atom stereocenters. The summed E-state index contributed by atoms with van der Waals surface area (Å²) in [4.78, 5) is 14.8. The molecule has 18 heavy (non-hydrogen) atoms. The summed E-state index contributed by atoms with van der Waals surface area (Å²) < 4.78 is 27.6. The van der Waals surface area contributed by atoms with E-state index in [9.17, 15) is 13.2 Å². The quantitative estimate of drug-likeness (QED) is 0.794. The van der Waals surface area contributed by atoms with E-state index >= 15 is 0 Å². The lowest BCUT2D eigenvalue weighted by molar-refractivity contribution is -0.140. The van der Waals surface area contributed by atoms with E-state index in [1.807, 2.05) is 0 Å². The first-order chi connectivity index (χ1) is 8.15. The average Bonchev–Trinajstić information content (AvgIpc) is 2.56. The Balaban J connectivity index is 3.04. The van der Waals surface area contributed by atoms with Gasteiger partial charge in [0, 0.05) is 13.2 Å². The van der Waals surface area contributed by atoms with Gasteiger partial charge in [0.25, 0.3) is 10.0 Å². The predicted octanol–water partition coefficient (Wildman–Crippen LogP) is 0.116. The number of aryl methyl sites for hydroxylation is 2. The molecule has 0 saturated heterocycles. The van der Waals surface area contributed by atoms with Gasteiger partial charge >= 0.3 is 5.97 Å². The number of aromatic nitrogens is 2. The topological polar surface area (TPSA) is 101 Å². The summed E-state index contributed by atoms with van der Waals surface area (Å²) in [6.07, 6.45) is 1.34. The first-order valence-corrected chi connectivity index (χ1v) is 6.88. The molecule has 0 saturated carbocycles. The van der Waals surface area contributed by atoms with Crippen LogP contribution in [0.4, 0.5) is 0 Å². The molecule has 2 N–H and O–H groups in total. The molecule has 102 valence electrons. The number of rotatable bonds is 5. The lowest BCUT2D eigenvalue weighted by Gasteiger charge is -2.16. The second kappa shape index (κ2) is 5.07. The number of nitrogens with zero attached hydrogens (tertiary/aromatic N) is 2. The van der Waals surface area contributed by atoms with Crippen molar-refractivity contribution in [2.45, 2.75) is 31.8 Å². The van der Waals surface area contributed by atoms with E-state index in [-0.39, 0.29) is 10.9 Å². The number of carboxylic acid groups (broad SMARTS) is 1. The molecule has 1 atom stereocenters. The lowest BCUT2D eigenvalue weighted by atomic mass is 10.1. The van der Waals surface area contributed by atoms with Crippen molar-refractivity contribution >= 4 is 16.0 Å². The van der Waals surface area contributed by atoms with E-state index in [1.165, 1.54) is 6.20 Å². The van der Waals surface area contributed by atoms with Crippen LogP contribution in [0, 0.1) is 12.8 Å². The first-order valence-electron chi connectivity index (χ1n) is 5.40. The van der Waals surface area contributed by atoms with Crippen LogP contribution in [0.1, 0.15) is 19.7 Å². The number of imidazole rings is 1. The fourth-order valence-corrected chi connectivity index (χ4v) is 2.73. The SMILES string of the molecule is Cc1nc(S(=O)(=O)N[C@@H](C(=O)O)C(C)C)cn1C. The average molecular weight is 275 g/mol. The van der Waals surface area contributed by atoms with Crippen LogP contribution in [0.5, 0.6) is 0 Å². The molecule has 8 heteroatoms. The van der Waals surface area contributed by atoms with E-state index in [0.717, 1.165) is 0 Å². The number of aliphatic carboxylic acids is 1. The summed E-state index contributed by atoms with van der Waals surface area (Å²) in [7, 11) is -2.25. The number of sulfonamides is 1. The van der Waals surface area contributed by atoms with Gasteiger partial charge in [-0.3, -0.25) is 4.79 Å². The summed E-state index contributed by atoms with van der Waals surface area (Å²) in [6, 6.07) is -1.17. The van der Waals surface area contributed by atoms with Gasteiger partial charge in [0.2, 0.25) is 0 Å². The molecule has 1 rings (SSSR count). The van der Waals surface area contributed by atoms with Crippen LogP contribution in [-0.2, 0) is 21.9 Å². The maximum Gasteiger partial charge on any atom is 0.322 e. The van der Waals surface area contributed by atoms with Crippen molar-refractivity contribution in [1.82, 2.24) is 14.3 Å². The maximum absolute atomic E-state index is 12.0. The lowest BCUT2D eigenvalue weighted by Crippen LogP contribution is -2.44. The highest BCUT2D eigenvalue weighted by Gasteiger charge is 2.29. The Morgan fingerprint density at radius 3 is 2.39 bits per heavy atom. The van der Waals surface area contributed by atoms with Gasteiger partial charge in [-0.05, 0) is 12.8 Å². The maximum atomic E-state index is 12.0. The third-order valence-corrected chi connectivity index (χ3v) is 3.89. The van der Waals surface area contributed by atoms with Crippen molar-refractivity contribution in [3.8, 4) is 0 Å². The molecule has 0 aliphatic heterocycles. The van der Waals surface area contributed by atoms with Crippen LogP contribution in [0.15, 0.2) is 11.2 Å². The highest BCUT2D eigenvalue weighted by Crippen LogP contribution is 2.11. The largest absolute Gasteiger partial charge is 0.480 e. The van der Waals surface area contributed by atoms with Crippen LogP contribution >= 0.6 is 0 Å². The van der Waals surface area contributed by atoms with Crippen molar-refractivity contribution in [3.63, 3.8) is 0 Å². The third kappa shape index (κ3) is 3.08. The molecule has 7 nitrogen and oxygen atoms in total. The Hall–Kier alpha value is -1.41. The normalized spacial score (nSPS) is 13.8. The molecule has 0 fully saturated rings. The molecular weight excluding hydrogens is 258 g/mol. The van der Waals surface area contributed by atoms with Crippen LogP contribution in [0.25, 0.3) is 0 Å². The second-order valence-electron chi connectivity index (χ2n) is 4.42. The van der Waals surface area contributed by atoms with Gasteiger partial charge in [-0.1, -0.05) is 13.8 Å². The Morgan fingerprint density at radius 2 is 2.06 bits per heavy atom. The highest BCUT2D eigenvalue weighted by atomic mass is 32.2. The van der Waals surface area contributed by atoms with Gasteiger partial charge in [0.05, 0.1) is 0 Å². The van der Waals surface area contributed by atoms with Gasteiger partial charge in [-0.2, -0.15) is 4.72 Å². The molecule has 0 radical (unpaired) electrons. The number of hydrogen-bond acceptors (Lipinski definition) is 4. The third-order valence-electron chi connectivity index (χ3n) is 2.58. The zero-order chi connectivity index (χ0) is 14.1. The Bertz CT molecular complexity index is 528. The van der Waals surface area contributed by atoms with E-state index < -0.39 is 22.0 Å². The molecule has 1 heterocycles. The number of hydrogen-bond donors (Lipinski definition) is 2. The monoisotopic (exact) mass is 275 g/mol. The fourth-order valence-electron chi connectivity index (χ4n) is 1.35. The van der Waals surface area contributed by atoms with Gasteiger partial charge in [0.15, 0.2) is 5.03 Å². The molecule has 0 aliphatic carbocycles. The summed E-state index contributed by atoms with van der Waals surface area (Å²) in [5, 5.41) is 8.79. The van der Waals surface area contributed by atoms with E-state index in [2.05, 4.69) is 9.71 Å². The van der Waals surface area contributed by atoms with Gasteiger partial charge in [-0.15, -0.1) is 0 Å². The Kier molecular flexibility index (Phi) is 4.12. The Labute approximate surface area is 106 Å². The Morgan fingerprint density at radius 1 is 1.50 bits per heavy atom. The molecule has 0 spiro atoms. The summed E-state index contributed by atoms with van der Waals surface area (Å²) in [6.45, 7) is 4.92. The van der Waals surface area contributed by atoms with Crippen molar-refractivity contribution in [2.75, 3.05) is 0 Å². The fraction of sp³-hybridized carbons (Fsp3) is 0.600. The molecule has 1 aromatic rings. The molecule has 1 aromatic heterocycles. The molecule has 0 amide bonds. The predicted molar refractivity (Wildman–Crippen MR) is 64.5 cm³/mol. The van der Waals surface area contributed by atoms with E-state index in [1.54, 1.807) is 32.4 Å². The summed E-state index contributed by atoms with van der Waals surface area (Å²) in [5.41, 5.74) is 0. The number of carbonyl (C=O) groups is 1. The summed E-state index contributed by atoms with van der Waals surface area (Å²) in [5.74, 6) is -1.03. The zero-order valence-corrected chi connectivity index (χ0v) is 11.5. The van der Waals surface area contributed by atoms with Crippen molar-refractivity contribution in [1.29, 1.82) is 0 Å². The number of carboxylic acids is 1. The van der Waals surface area contributed by atoms with E-state index in [4.69, 9.17) is 5.11 Å². The van der Waals surface area contributed by atoms with Crippen LogP contribution in [0.2, 0.25) is 0 Å². The van der Waals surface area contributed by atoms with Crippen LogP contribution < -0.4 is 4.72 Å². The van der Waals surface area contributed by atoms with Crippen molar-refractivity contribution in [2.24, 2.45) is 13.0 Å². The minimum Gasteiger partial charge on any atom is -0.480 e. The summed E-state index contributed by atoms with van der Waals surface area (Å²) >= 11 is 0. The molecular formula is C10H17N3O4S. The molecule has 0 bridgehead atoms. The van der Waals surface area contributed by atoms with Crippen molar-refractivity contribution < 1.29 is 18.3 Å². The first kappa shape index (κ1) is 14.7. The second-order valence-corrected chi connectivity index (χ2v) is 6.08. The number of nitrogens with one attached hydrogen (secondary N) is 1.